The van der Waals surface area contributed by atoms with E-state index in [4.69, 9.17) is 4.74 Å². The van der Waals surface area contributed by atoms with Gasteiger partial charge in [-0.2, -0.15) is 14.6 Å². The topological polar surface area (TPSA) is 73.6 Å². The van der Waals surface area contributed by atoms with Crippen molar-refractivity contribution in [1.82, 2.24) is 14.6 Å². The molecule has 2 aromatic heterocycles. The third kappa shape index (κ3) is 4.78. The van der Waals surface area contributed by atoms with Gasteiger partial charge in [-0.25, -0.2) is 0 Å². The van der Waals surface area contributed by atoms with Gasteiger partial charge in [0, 0.05) is 6.42 Å². The third-order valence-corrected chi connectivity index (χ3v) is 6.08. The highest BCUT2D eigenvalue weighted by atomic mass is 32.1. The molecule has 4 rings (SSSR count). The van der Waals surface area contributed by atoms with E-state index in [1.807, 2.05) is 42.5 Å². The molecule has 2 aromatic carbocycles. The Balaban J connectivity index is 1.64. The summed E-state index contributed by atoms with van der Waals surface area (Å²) in [5.74, 6) is 1.23. The summed E-state index contributed by atoms with van der Waals surface area (Å²) >= 11 is 1.17. The fourth-order valence-electron chi connectivity index (χ4n) is 3.30. The van der Waals surface area contributed by atoms with Crippen LogP contribution in [0.2, 0.25) is 0 Å². The van der Waals surface area contributed by atoms with Gasteiger partial charge in [-0.3, -0.25) is 9.59 Å². The number of fused-ring (bicyclic) bond motifs is 1. The molecule has 32 heavy (non-hydrogen) atoms. The molecule has 2 heterocycles. The van der Waals surface area contributed by atoms with Crippen molar-refractivity contribution in [3.63, 3.8) is 0 Å². The number of aromatic nitrogens is 3. The van der Waals surface area contributed by atoms with Crippen LogP contribution in [0.5, 0.6) is 5.75 Å². The summed E-state index contributed by atoms with van der Waals surface area (Å²) in [5, 5.41) is 4.33. The molecule has 0 N–H and O–H groups in total. The molecule has 0 saturated heterocycles. The first kappa shape index (κ1) is 21.9. The Morgan fingerprint density at radius 2 is 1.78 bits per heavy atom. The van der Waals surface area contributed by atoms with E-state index >= 15 is 0 Å². The van der Waals surface area contributed by atoms with E-state index < -0.39 is 5.56 Å². The Bertz CT molecular complexity index is 1390. The van der Waals surface area contributed by atoms with Crippen LogP contribution in [0.4, 0.5) is 0 Å². The smallest absolute Gasteiger partial charge is 0.296 e. The van der Waals surface area contributed by atoms with Crippen LogP contribution < -0.4 is 20.4 Å². The molecule has 0 atom stereocenters. The van der Waals surface area contributed by atoms with E-state index in [2.05, 4.69) is 43.0 Å². The van der Waals surface area contributed by atoms with Gasteiger partial charge >= 0.3 is 0 Å². The number of rotatable bonds is 7. The van der Waals surface area contributed by atoms with Gasteiger partial charge in [0.15, 0.2) is 0 Å². The van der Waals surface area contributed by atoms with Gasteiger partial charge in [-0.1, -0.05) is 68.5 Å². The number of hydrogen-bond acceptors (Lipinski definition) is 6. The maximum atomic E-state index is 12.9. The quantitative estimate of drug-likeness (QED) is 0.433. The molecule has 6 nitrogen and oxygen atoms in total. The Kier molecular flexibility index (Phi) is 6.46. The maximum Gasteiger partial charge on any atom is 0.296 e. The number of benzene rings is 2. The van der Waals surface area contributed by atoms with Crippen LogP contribution in [0.15, 0.2) is 58.1 Å². The molecule has 0 spiro atoms. The molecular weight excluding hydrogens is 422 g/mol. The van der Waals surface area contributed by atoms with Crippen LogP contribution in [0, 0.1) is 0 Å². The zero-order valence-electron chi connectivity index (χ0n) is 18.4. The number of thiazole rings is 1. The normalized spacial score (nSPS) is 12.1. The molecular formula is C25H25N3O3S. The summed E-state index contributed by atoms with van der Waals surface area (Å²) in [6.07, 6.45) is 3.05. The first-order valence-corrected chi connectivity index (χ1v) is 11.5. The fourth-order valence-corrected chi connectivity index (χ4v) is 4.20. The third-order valence-electron chi connectivity index (χ3n) is 5.12. The van der Waals surface area contributed by atoms with Crippen LogP contribution in [-0.4, -0.2) is 21.2 Å². The van der Waals surface area contributed by atoms with E-state index in [-0.39, 0.29) is 11.3 Å². The van der Waals surface area contributed by atoms with Crippen molar-refractivity contribution in [1.29, 1.82) is 0 Å². The minimum absolute atomic E-state index is 0.243. The summed E-state index contributed by atoms with van der Waals surface area (Å²) in [7, 11) is 0. The number of nitrogens with zero attached hydrogens (tertiary/aromatic N) is 3. The van der Waals surface area contributed by atoms with Gasteiger partial charge in [0.1, 0.15) is 11.4 Å². The van der Waals surface area contributed by atoms with Crippen LogP contribution >= 0.6 is 11.3 Å². The van der Waals surface area contributed by atoms with Gasteiger partial charge < -0.3 is 4.74 Å². The molecule has 0 amide bonds. The lowest BCUT2D eigenvalue weighted by molar-refractivity contribution is 0.317. The first-order chi connectivity index (χ1) is 15.4. The van der Waals surface area contributed by atoms with Crippen molar-refractivity contribution in [3.8, 4) is 5.75 Å². The van der Waals surface area contributed by atoms with Gasteiger partial charge in [0.25, 0.3) is 11.1 Å². The van der Waals surface area contributed by atoms with Crippen molar-refractivity contribution in [3.05, 3.63) is 96.2 Å². The van der Waals surface area contributed by atoms with E-state index in [1.54, 1.807) is 0 Å². The van der Waals surface area contributed by atoms with Gasteiger partial charge in [0.05, 0.1) is 11.1 Å². The van der Waals surface area contributed by atoms with Crippen LogP contribution in [0.1, 0.15) is 55.5 Å². The molecule has 0 radical (unpaired) electrons. The van der Waals surface area contributed by atoms with Crippen LogP contribution in [0.25, 0.3) is 11.0 Å². The fraction of sp³-hybridized carbons (Fsp3) is 0.280. The second kappa shape index (κ2) is 9.44. The first-order valence-electron chi connectivity index (χ1n) is 10.7. The number of hydrogen-bond donors (Lipinski definition) is 0. The van der Waals surface area contributed by atoms with Crippen molar-refractivity contribution in [2.45, 2.75) is 39.5 Å². The van der Waals surface area contributed by atoms with Gasteiger partial charge in [-0.05, 0) is 47.2 Å². The molecule has 4 aromatic rings. The molecule has 0 aliphatic carbocycles. The molecule has 0 aliphatic rings. The lowest BCUT2D eigenvalue weighted by Crippen LogP contribution is -2.28. The zero-order valence-corrected chi connectivity index (χ0v) is 19.2. The molecule has 0 aliphatic heterocycles. The second-order valence-corrected chi connectivity index (χ2v) is 8.97. The van der Waals surface area contributed by atoms with Crippen LogP contribution in [0.3, 0.4) is 0 Å². The summed E-state index contributed by atoms with van der Waals surface area (Å²) in [5.41, 5.74) is 2.63. The van der Waals surface area contributed by atoms with E-state index in [0.29, 0.717) is 28.4 Å². The van der Waals surface area contributed by atoms with E-state index in [1.165, 1.54) is 21.4 Å². The second-order valence-electron chi connectivity index (χ2n) is 7.96. The lowest BCUT2D eigenvalue weighted by Gasteiger charge is -2.05. The van der Waals surface area contributed by atoms with E-state index in [0.717, 1.165) is 23.3 Å². The molecule has 0 fully saturated rings. The largest absolute Gasteiger partial charge is 0.494 e. The highest BCUT2D eigenvalue weighted by molar-refractivity contribution is 7.15. The Hall–Kier alpha value is -3.32. The number of ether oxygens (including phenoxy) is 1. The maximum absolute atomic E-state index is 12.9. The standard InChI is InChI=1S/C25H25N3O3S/c1-4-13-31-20-11-7-17(8-12-20)14-21-23(29)26-25-28(27-21)24(30)22(32-25)15-18-5-9-19(10-6-18)16(2)3/h5-12,15-16H,4,13-14H2,1-3H3/b22-15+. The van der Waals surface area contributed by atoms with Crippen LogP contribution in [-0.2, 0) is 6.42 Å². The van der Waals surface area contributed by atoms with Crippen molar-refractivity contribution in [2.24, 2.45) is 0 Å². The highest BCUT2D eigenvalue weighted by Gasteiger charge is 2.12. The zero-order chi connectivity index (χ0) is 22.7. The summed E-state index contributed by atoms with van der Waals surface area (Å²) in [6, 6.07) is 15.6. The van der Waals surface area contributed by atoms with Gasteiger partial charge in [0.2, 0.25) is 4.96 Å². The SMILES string of the molecule is CCCOc1ccc(Cc2nn3c(=O)/c(=C\c4ccc(C(C)C)cc4)sc3nc2=O)cc1. The van der Waals surface area contributed by atoms with E-state index in [9.17, 15) is 9.59 Å². The highest BCUT2D eigenvalue weighted by Crippen LogP contribution is 2.15. The summed E-state index contributed by atoms with van der Waals surface area (Å²) in [4.78, 5) is 29.8. The van der Waals surface area contributed by atoms with Gasteiger partial charge in [-0.15, -0.1) is 0 Å². The average Bonchev–Trinajstić information content (AvgIpc) is 3.08. The molecule has 0 saturated carbocycles. The molecule has 164 valence electrons. The Morgan fingerprint density at radius 3 is 2.44 bits per heavy atom. The van der Waals surface area contributed by atoms with Crippen molar-refractivity contribution in [2.75, 3.05) is 6.61 Å². The predicted octanol–water partition coefficient (Wildman–Crippen LogP) is 3.56. The Morgan fingerprint density at radius 1 is 1.06 bits per heavy atom. The Labute approximate surface area is 189 Å². The molecule has 0 bridgehead atoms. The summed E-state index contributed by atoms with van der Waals surface area (Å²) in [6.45, 7) is 6.99. The minimum Gasteiger partial charge on any atom is -0.494 e. The molecule has 0 unspecified atom stereocenters. The lowest BCUT2D eigenvalue weighted by atomic mass is 10.0. The monoisotopic (exact) mass is 447 g/mol. The molecule has 7 heteroatoms. The van der Waals surface area contributed by atoms with Crippen molar-refractivity contribution >= 4 is 22.4 Å². The summed E-state index contributed by atoms with van der Waals surface area (Å²) < 4.78 is 7.32. The minimum atomic E-state index is -0.412. The predicted molar refractivity (Wildman–Crippen MR) is 128 cm³/mol. The average molecular weight is 448 g/mol. The van der Waals surface area contributed by atoms with Crippen molar-refractivity contribution < 1.29 is 4.74 Å².